The van der Waals surface area contributed by atoms with Crippen molar-refractivity contribution in [2.45, 2.75) is 114 Å². The average Bonchev–Trinajstić information content (AvgIpc) is 2.85. The molecule has 40 heavy (non-hydrogen) atoms. The van der Waals surface area contributed by atoms with Gasteiger partial charge in [-0.3, -0.25) is 0 Å². The molecule has 214 valence electrons. The highest BCUT2D eigenvalue weighted by atomic mass is 14.3. The minimum absolute atomic E-state index is 0.223. The lowest BCUT2D eigenvalue weighted by molar-refractivity contribution is 0.376. The second-order valence-corrected chi connectivity index (χ2v) is 13.2. The molecule has 0 amide bonds. The van der Waals surface area contributed by atoms with Crippen LogP contribution in [0.3, 0.4) is 0 Å². The molecule has 1 unspecified atom stereocenters. The van der Waals surface area contributed by atoms with Crippen LogP contribution in [0.5, 0.6) is 0 Å². The van der Waals surface area contributed by atoms with Crippen LogP contribution >= 0.6 is 0 Å². The van der Waals surface area contributed by atoms with Crippen LogP contribution in [-0.2, 0) is 0 Å². The lowest BCUT2D eigenvalue weighted by atomic mass is 9.72. The zero-order valence-electron chi connectivity index (χ0n) is 27.2. The Kier molecular flexibility index (Phi) is 13.1. The molecule has 0 aromatic rings. The first-order valence-electron chi connectivity index (χ1n) is 15.3. The summed E-state index contributed by atoms with van der Waals surface area (Å²) in [5, 5.41) is 0. The molecule has 0 aliphatic heterocycles. The van der Waals surface area contributed by atoms with Crippen molar-refractivity contribution >= 4 is 0 Å². The summed E-state index contributed by atoms with van der Waals surface area (Å²) in [6.45, 7) is 22.5. The number of rotatable bonds is 7. The fraction of sp³-hybridized carbons (Fsp3) is 0.500. The fourth-order valence-corrected chi connectivity index (χ4v) is 5.71. The van der Waals surface area contributed by atoms with Gasteiger partial charge in [-0.25, -0.2) is 0 Å². The SMILES string of the molecule is CC1=C(/C=C/C(C)=C/C#C/C(C)=C/CC#CC(C)/C=C/C=C(C)/C=C/C2=C(C)CCCC2(C)C)C(C)(C)CCC1. The van der Waals surface area contributed by atoms with Gasteiger partial charge in [-0.05, 0) is 119 Å². The number of hydrogen-bond acceptors (Lipinski definition) is 0. The summed E-state index contributed by atoms with van der Waals surface area (Å²) in [6, 6.07) is 0. The Hall–Kier alpha value is -2.96. The zero-order chi connectivity index (χ0) is 29.8. The van der Waals surface area contributed by atoms with Crippen molar-refractivity contribution in [3.05, 3.63) is 93.7 Å². The summed E-state index contributed by atoms with van der Waals surface area (Å²) < 4.78 is 0. The monoisotopic (exact) mass is 534 g/mol. The lowest BCUT2D eigenvalue weighted by Crippen LogP contribution is -2.19. The maximum atomic E-state index is 3.33. The van der Waals surface area contributed by atoms with Gasteiger partial charge in [-0.2, -0.15) is 0 Å². The van der Waals surface area contributed by atoms with Crippen molar-refractivity contribution in [1.82, 2.24) is 0 Å². The molecule has 0 fully saturated rings. The molecule has 0 saturated heterocycles. The van der Waals surface area contributed by atoms with E-state index in [1.165, 1.54) is 66.4 Å². The standard InChI is InChI=1S/C40H54/c1-31(19-13-21-33(3)25-27-37-35(5)23-15-29-39(37,7)8)17-11-12-18-32(2)20-14-22-34(4)26-28-38-36(6)24-16-30-40(38,9)10/h14,17,20-22,25-28,32H,11,15-16,23-24,29-30H2,1-10H3/b20-14+,27-25+,28-26+,31-17+,33-21+,34-22+. The van der Waals surface area contributed by atoms with Crippen LogP contribution in [0.4, 0.5) is 0 Å². The highest BCUT2D eigenvalue weighted by Gasteiger charge is 2.27. The molecule has 0 N–H and O–H groups in total. The normalized spacial score (nSPS) is 21.1. The summed E-state index contributed by atoms with van der Waals surface area (Å²) in [5.74, 6) is 13.3. The largest absolute Gasteiger partial charge is 0.0985 e. The van der Waals surface area contributed by atoms with Gasteiger partial charge >= 0.3 is 0 Å². The van der Waals surface area contributed by atoms with Crippen LogP contribution in [0.25, 0.3) is 0 Å². The highest BCUT2D eigenvalue weighted by molar-refractivity contribution is 5.40. The molecule has 0 aromatic carbocycles. The molecule has 1 atom stereocenters. The topological polar surface area (TPSA) is 0 Å². The van der Waals surface area contributed by atoms with Crippen molar-refractivity contribution in [2.24, 2.45) is 16.7 Å². The lowest BCUT2D eigenvalue weighted by Gasteiger charge is -2.32. The van der Waals surface area contributed by atoms with Crippen LogP contribution in [0, 0.1) is 40.4 Å². The van der Waals surface area contributed by atoms with Crippen LogP contribution in [0.1, 0.15) is 114 Å². The average molecular weight is 535 g/mol. The van der Waals surface area contributed by atoms with E-state index >= 15 is 0 Å². The van der Waals surface area contributed by atoms with Crippen molar-refractivity contribution < 1.29 is 0 Å². The Bertz CT molecular complexity index is 1260. The van der Waals surface area contributed by atoms with E-state index in [-0.39, 0.29) is 16.7 Å². The van der Waals surface area contributed by atoms with Crippen molar-refractivity contribution in [2.75, 3.05) is 0 Å². The summed E-state index contributed by atoms with van der Waals surface area (Å²) in [6.07, 6.45) is 28.0. The summed E-state index contributed by atoms with van der Waals surface area (Å²) >= 11 is 0. The van der Waals surface area contributed by atoms with E-state index in [0.717, 1.165) is 12.0 Å². The minimum atomic E-state index is 0.223. The highest BCUT2D eigenvalue weighted by Crippen LogP contribution is 2.41. The van der Waals surface area contributed by atoms with E-state index in [1.54, 1.807) is 5.57 Å². The Balaban J connectivity index is 1.86. The maximum absolute atomic E-state index is 3.33. The zero-order valence-corrected chi connectivity index (χ0v) is 27.2. The second-order valence-electron chi connectivity index (χ2n) is 13.2. The smallest absolute Gasteiger partial charge is 0.0357 e. The Morgan fingerprint density at radius 2 is 1.40 bits per heavy atom. The number of allylic oxidation sites excluding steroid dienone is 16. The predicted molar refractivity (Wildman–Crippen MR) is 179 cm³/mol. The van der Waals surface area contributed by atoms with E-state index in [2.05, 4.69) is 142 Å². The second kappa shape index (κ2) is 15.7. The van der Waals surface area contributed by atoms with Crippen LogP contribution in [0.2, 0.25) is 0 Å². The Labute approximate surface area is 247 Å². The fourth-order valence-electron chi connectivity index (χ4n) is 5.71. The molecular weight excluding hydrogens is 480 g/mol. The molecule has 0 nitrogen and oxygen atoms in total. The van der Waals surface area contributed by atoms with Gasteiger partial charge in [0.1, 0.15) is 0 Å². The quantitative estimate of drug-likeness (QED) is 0.225. The third kappa shape index (κ3) is 11.3. The van der Waals surface area contributed by atoms with Crippen LogP contribution in [0.15, 0.2) is 93.7 Å². The van der Waals surface area contributed by atoms with E-state index in [4.69, 9.17) is 0 Å². The van der Waals surface area contributed by atoms with Gasteiger partial charge in [-0.15, -0.1) is 0 Å². The molecule has 2 aliphatic carbocycles. The Morgan fingerprint density at radius 1 is 0.850 bits per heavy atom. The van der Waals surface area contributed by atoms with E-state index in [0.29, 0.717) is 0 Å². The van der Waals surface area contributed by atoms with Crippen molar-refractivity contribution in [3.8, 4) is 23.7 Å². The van der Waals surface area contributed by atoms with Crippen LogP contribution < -0.4 is 0 Å². The molecule has 0 radical (unpaired) electrons. The van der Waals surface area contributed by atoms with Gasteiger partial charge in [0.25, 0.3) is 0 Å². The first kappa shape index (κ1) is 33.2. The van der Waals surface area contributed by atoms with E-state index in [1.807, 2.05) is 6.08 Å². The van der Waals surface area contributed by atoms with Crippen LogP contribution in [-0.4, -0.2) is 0 Å². The van der Waals surface area contributed by atoms with Gasteiger partial charge in [0.15, 0.2) is 0 Å². The van der Waals surface area contributed by atoms with E-state index < -0.39 is 0 Å². The first-order valence-corrected chi connectivity index (χ1v) is 15.3. The van der Waals surface area contributed by atoms with Gasteiger partial charge in [-0.1, -0.05) is 117 Å². The predicted octanol–water partition coefficient (Wildman–Crippen LogP) is 11.6. The third-order valence-electron chi connectivity index (χ3n) is 8.28. The van der Waals surface area contributed by atoms with Gasteiger partial charge in [0, 0.05) is 12.3 Å². The van der Waals surface area contributed by atoms with Gasteiger partial charge in [0.2, 0.25) is 0 Å². The molecular formula is C40H54. The molecule has 0 heterocycles. The molecule has 0 heteroatoms. The van der Waals surface area contributed by atoms with Crippen molar-refractivity contribution in [3.63, 3.8) is 0 Å². The third-order valence-corrected chi connectivity index (χ3v) is 8.28. The molecule has 0 bridgehead atoms. The van der Waals surface area contributed by atoms with Gasteiger partial charge in [0.05, 0.1) is 0 Å². The maximum Gasteiger partial charge on any atom is 0.0357 e. The molecule has 0 aromatic heterocycles. The Morgan fingerprint density at radius 3 is 1.95 bits per heavy atom. The molecule has 0 saturated carbocycles. The number of hydrogen-bond donors (Lipinski definition) is 0. The molecule has 2 aliphatic rings. The minimum Gasteiger partial charge on any atom is -0.0985 e. The first-order chi connectivity index (χ1) is 18.8. The van der Waals surface area contributed by atoms with E-state index in [9.17, 15) is 0 Å². The summed E-state index contributed by atoms with van der Waals surface area (Å²) in [7, 11) is 0. The summed E-state index contributed by atoms with van der Waals surface area (Å²) in [5.41, 5.74) is 10.2. The molecule has 2 rings (SSSR count). The summed E-state index contributed by atoms with van der Waals surface area (Å²) in [4.78, 5) is 0. The molecule has 0 spiro atoms. The van der Waals surface area contributed by atoms with Crippen molar-refractivity contribution in [1.29, 1.82) is 0 Å². The van der Waals surface area contributed by atoms with Gasteiger partial charge < -0.3 is 0 Å².